The molecule has 3 aliphatic heterocycles. The summed E-state index contributed by atoms with van der Waals surface area (Å²) in [4.78, 5) is 16.3. The lowest BCUT2D eigenvalue weighted by Crippen LogP contribution is -2.23. The van der Waals surface area contributed by atoms with Gasteiger partial charge in [-0.05, 0) is 25.7 Å². The zero-order valence-corrected chi connectivity index (χ0v) is 14.5. The molecule has 0 radical (unpaired) electrons. The van der Waals surface area contributed by atoms with E-state index in [-0.39, 0.29) is 5.91 Å². The highest BCUT2D eigenvalue weighted by atomic mass is 16.2. The van der Waals surface area contributed by atoms with Crippen LogP contribution in [0.5, 0.6) is 0 Å². The smallest absolute Gasteiger partial charge is 0.227 e. The van der Waals surface area contributed by atoms with Gasteiger partial charge in [0.15, 0.2) is 0 Å². The van der Waals surface area contributed by atoms with Crippen LogP contribution in [0.1, 0.15) is 43.0 Å². The number of anilines is 1. The molecule has 7 nitrogen and oxygen atoms in total. The lowest BCUT2D eigenvalue weighted by molar-refractivity contribution is -0.117. The molecule has 1 unspecified atom stereocenters. The van der Waals surface area contributed by atoms with E-state index in [4.69, 9.17) is 0 Å². The van der Waals surface area contributed by atoms with Crippen molar-refractivity contribution in [3.8, 4) is 0 Å². The number of amides is 1. The van der Waals surface area contributed by atoms with Crippen LogP contribution < -0.4 is 4.90 Å². The third-order valence-electron chi connectivity index (χ3n) is 5.81. The van der Waals surface area contributed by atoms with E-state index in [0.717, 1.165) is 51.3 Å². The summed E-state index contributed by atoms with van der Waals surface area (Å²) in [5, 5.41) is 9.05. The third kappa shape index (κ3) is 2.66. The minimum Gasteiger partial charge on any atom is -0.309 e. The molecule has 0 bridgehead atoms. The Kier molecular flexibility index (Phi) is 3.62. The largest absolute Gasteiger partial charge is 0.309 e. The van der Waals surface area contributed by atoms with Crippen LogP contribution in [-0.4, -0.2) is 50.0 Å². The number of carbonyl (C=O) groups is 1. The molecule has 0 spiro atoms. The molecule has 1 amide bonds. The number of aromatic nitrogens is 4. The van der Waals surface area contributed by atoms with E-state index in [1.807, 2.05) is 17.3 Å². The van der Waals surface area contributed by atoms with Crippen LogP contribution >= 0.6 is 0 Å². The van der Waals surface area contributed by atoms with Crippen molar-refractivity contribution in [1.29, 1.82) is 0 Å². The highest BCUT2D eigenvalue weighted by molar-refractivity contribution is 5.95. The second-order valence-corrected chi connectivity index (χ2v) is 7.45. The first-order chi connectivity index (χ1) is 12.3. The number of aryl methyl sites for hydroxylation is 1. The summed E-state index contributed by atoms with van der Waals surface area (Å²) in [6.45, 7) is 4.99. The molecule has 0 saturated carbocycles. The van der Waals surface area contributed by atoms with Crippen molar-refractivity contribution in [3.63, 3.8) is 0 Å². The van der Waals surface area contributed by atoms with E-state index < -0.39 is 0 Å². The van der Waals surface area contributed by atoms with E-state index >= 15 is 0 Å². The highest BCUT2D eigenvalue weighted by Crippen LogP contribution is 2.28. The fourth-order valence-electron chi connectivity index (χ4n) is 4.46. The molecule has 2 aromatic rings. The molecule has 3 aliphatic rings. The van der Waals surface area contributed by atoms with Crippen LogP contribution in [0, 0.1) is 0 Å². The topological polar surface area (TPSA) is 59.2 Å². The maximum Gasteiger partial charge on any atom is 0.227 e. The minimum atomic E-state index is 0.225. The van der Waals surface area contributed by atoms with E-state index in [1.165, 1.54) is 24.1 Å². The van der Waals surface area contributed by atoms with E-state index in [0.29, 0.717) is 12.5 Å². The molecule has 2 saturated heterocycles. The van der Waals surface area contributed by atoms with Gasteiger partial charge < -0.3 is 4.90 Å². The Balaban J connectivity index is 1.25. The SMILES string of the molecule is O=C1CCCN1c1cnn(C2CCN(Cc3cnn4c3CCC4)C2)c1. The molecule has 25 heavy (non-hydrogen) atoms. The average molecular weight is 340 g/mol. The monoisotopic (exact) mass is 340 g/mol. The van der Waals surface area contributed by atoms with Crippen LogP contribution in [0.4, 0.5) is 5.69 Å². The number of likely N-dealkylation sites (tertiary alicyclic amines) is 1. The lowest BCUT2D eigenvalue weighted by Gasteiger charge is -2.16. The van der Waals surface area contributed by atoms with Crippen molar-refractivity contribution < 1.29 is 4.79 Å². The van der Waals surface area contributed by atoms with Gasteiger partial charge in [0.05, 0.1) is 24.1 Å². The molecule has 2 aromatic heterocycles. The molecule has 0 aliphatic carbocycles. The number of carbonyl (C=O) groups excluding carboxylic acids is 1. The second-order valence-electron chi connectivity index (χ2n) is 7.45. The highest BCUT2D eigenvalue weighted by Gasteiger charge is 2.28. The first-order valence-corrected chi connectivity index (χ1v) is 9.38. The quantitative estimate of drug-likeness (QED) is 0.848. The van der Waals surface area contributed by atoms with Gasteiger partial charge >= 0.3 is 0 Å². The Morgan fingerprint density at radius 3 is 2.88 bits per heavy atom. The van der Waals surface area contributed by atoms with Gasteiger partial charge in [0, 0.05) is 56.6 Å². The molecule has 2 fully saturated rings. The number of rotatable bonds is 4. The molecule has 0 N–H and O–H groups in total. The van der Waals surface area contributed by atoms with Crippen molar-refractivity contribution in [1.82, 2.24) is 24.5 Å². The standard InChI is InChI=1S/C18H24N6O/c25-18-4-2-6-22(18)16-10-20-24(13-16)15-5-8-21(12-15)11-14-9-19-23-7-1-3-17(14)23/h9-10,13,15H,1-8,11-12H2. The summed E-state index contributed by atoms with van der Waals surface area (Å²) < 4.78 is 4.22. The normalized spacial score (nSPS) is 23.8. The zero-order chi connectivity index (χ0) is 16.8. The molecule has 132 valence electrons. The van der Waals surface area contributed by atoms with E-state index in [2.05, 4.69) is 30.7 Å². The van der Waals surface area contributed by atoms with Crippen molar-refractivity contribution >= 4 is 11.6 Å². The number of fused-ring (bicyclic) bond motifs is 1. The maximum atomic E-state index is 11.9. The van der Waals surface area contributed by atoms with Crippen LogP contribution in [-0.2, 0) is 24.3 Å². The Hall–Kier alpha value is -2.15. The summed E-state index contributed by atoms with van der Waals surface area (Å²) >= 11 is 0. The van der Waals surface area contributed by atoms with Crippen molar-refractivity contribution in [2.24, 2.45) is 0 Å². The summed E-state index contributed by atoms with van der Waals surface area (Å²) in [6, 6.07) is 0.398. The third-order valence-corrected chi connectivity index (χ3v) is 5.81. The van der Waals surface area contributed by atoms with Crippen LogP contribution in [0.3, 0.4) is 0 Å². The van der Waals surface area contributed by atoms with Gasteiger partial charge in [0.2, 0.25) is 5.91 Å². The minimum absolute atomic E-state index is 0.225. The fourth-order valence-corrected chi connectivity index (χ4v) is 4.46. The molecule has 5 rings (SSSR count). The van der Waals surface area contributed by atoms with Crippen molar-refractivity contribution in [2.45, 2.75) is 51.2 Å². The summed E-state index contributed by atoms with van der Waals surface area (Å²) in [5.74, 6) is 0.225. The predicted molar refractivity (Wildman–Crippen MR) is 93.3 cm³/mol. The van der Waals surface area contributed by atoms with Crippen LogP contribution in [0.15, 0.2) is 18.6 Å². The predicted octanol–water partition coefficient (Wildman–Crippen LogP) is 1.60. The van der Waals surface area contributed by atoms with Gasteiger partial charge in [-0.15, -0.1) is 0 Å². The Morgan fingerprint density at radius 1 is 1.08 bits per heavy atom. The van der Waals surface area contributed by atoms with Crippen LogP contribution in [0.2, 0.25) is 0 Å². The Bertz CT molecular complexity index is 793. The second kappa shape index (κ2) is 5.98. The van der Waals surface area contributed by atoms with Gasteiger partial charge in [0.1, 0.15) is 0 Å². The summed E-state index contributed by atoms with van der Waals surface area (Å²) in [6.07, 6.45) is 11.1. The van der Waals surface area contributed by atoms with Crippen LogP contribution in [0.25, 0.3) is 0 Å². The Labute approximate surface area is 147 Å². The maximum absolute atomic E-state index is 11.9. The molecular weight excluding hydrogens is 316 g/mol. The molecule has 0 aromatic carbocycles. The van der Waals surface area contributed by atoms with Gasteiger partial charge in [-0.25, -0.2) is 0 Å². The van der Waals surface area contributed by atoms with Crippen molar-refractivity contribution in [2.75, 3.05) is 24.5 Å². The van der Waals surface area contributed by atoms with E-state index in [1.54, 1.807) is 0 Å². The first kappa shape index (κ1) is 15.1. The fraction of sp³-hybridized carbons (Fsp3) is 0.611. The zero-order valence-electron chi connectivity index (χ0n) is 14.5. The number of hydrogen-bond acceptors (Lipinski definition) is 4. The van der Waals surface area contributed by atoms with Gasteiger partial charge in [-0.2, -0.15) is 10.2 Å². The van der Waals surface area contributed by atoms with Gasteiger partial charge in [-0.3, -0.25) is 19.1 Å². The molecule has 7 heteroatoms. The summed E-state index contributed by atoms with van der Waals surface area (Å²) in [5.41, 5.74) is 3.77. The average Bonchev–Trinajstić information content (AvgIpc) is 3.38. The Morgan fingerprint density at radius 2 is 2.00 bits per heavy atom. The number of nitrogens with zero attached hydrogens (tertiary/aromatic N) is 6. The first-order valence-electron chi connectivity index (χ1n) is 9.38. The summed E-state index contributed by atoms with van der Waals surface area (Å²) in [7, 11) is 0. The molecule has 5 heterocycles. The van der Waals surface area contributed by atoms with Gasteiger partial charge in [0.25, 0.3) is 0 Å². The number of hydrogen-bond donors (Lipinski definition) is 0. The van der Waals surface area contributed by atoms with E-state index in [9.17, 15) is 4.79 Å². The molecule has 1 atom stereocenters. The van der Waals surface area contributed by atoms with Crippen molar-refractivity contribution in [3.05, 3.63) is 29.8 Å². The lowest BCUT2D eigenvalue weighted by atomic mass is 10.2. The molecular formula is C18H24N6O. The van der Waals surface area contributed by atoms with Gasteiger partial charge in [-0.1, -0.05) is 0 Å².